The number of nitrogens with one attached hydrogen (secondary N) is 1. The molecule has 3 aromatic rings. The van der Waals surface area contributed by atoms with E-state index in [0.717, 1.165) is 36.2 Å². The summed E-state index contributed by atoms with van der Waals surface area (Å²) >= 11 is 0. The minimum Gasteiger partial charge on any atom is -0.342 e. The molecule has 4 rings (SSSR count). The number of hydrogen-bond donors (Lipinski definition) is 1. The normalized spacial score (nSPS) is 17.6. The van der Waals surface area contributed by atoms with Gasteiger partial charge >= 0.3 is 5.69 Å². The Hall–Kier alpha value is -2.90. The summed E-state index contributed by atoms with van der Waals surface area (Å²) in [6, 6.07) is 7.77. The summed E-state index contributed by atoms with van der Waals surface area (Å²) in [6.45, 7) is 3.86. The topological polar surface area (TPSA) is 88.8 Å². The minimum absolute atomic E-state index is 0.0556. The number of hydrogen-bond acceptors (Lipinski definition) is 4. The van der Waals surface area contributed by atoms with Crippen molar-refractivity contribution < 1.29 is 4.79 Å². The number of carbonyl (C=O) groups excluding carboxylic acids is 1. The van der Waals surface area contributed by atoms with Crippen LogP contribution in [-0.2, 0) is 24.8 Å². The van der Waals surface area contributed by atoms with Crippen molar-refractivity contribution >= 4 is 16.9 Å². The van der Waals surface area contributed by atoms with Crippen LogP contribution >= 0.6 is 0 Å². The van der Waals surface area contributed by atoms with Gasteiger partial charge in [-0.15, -0.1) is 0 Å². The zero-order chi connectivity index (χ0) is 19.0. The van der Waals surface area contributed by atoms with Crippen LogP contribution in [0.4, 0.5) is 0 Å². The predicted molar refractivity (Wildman–Crippen MR) is 101 cm³/mol. The third-order valence-corrected chi connectivity index (χ3v) is 5.25. The van der Waals surface area contributed by atoms with Crippen LogP contribution in [0.5, 0.6) is 0 Å². The maximum atomic E-state index is 12.8. The summed E-state index contributed by atoms with van der Waals surface area (Å²) in [4.78, 5) is 34.6. The average molecular weight is 368 g/mol. The van der Waals surface area contributed by atoms with Crippen molar-refractivity contribution in [3.8, 4) is 0 Å². The number of imidazole rings is 1. The van der Waals surface area contributed by atoms with E-state index in [4.69, 9.17) is 0 Å². The smallest absolute Gasteiger partial charge is 0.342 e. The standard InChI is InChI=1S/C19H24N6O2/c1-3-25-18(22-23(2)19(25)27)13-7-6-10-24(12-13)17(26)11-16-20-14-8-4-5-9-15(14)21-16/h4-5,8-9,13H,3,6-7,10-12H2,1-2H3,(H,20,21)/t13-/m1/s1. The number of piperidine rings is 1. The van der Waals surface area contributed by atoms with Gasteiger partial charge in [0.1, 0.15) is 11.6 Å². The van der Waals surface area contributed by atoms with Gasteiger partial charge in [0.05, 0.1) is 17.5 Å². The number of likely N-dealkylation sites (tertiary alicyclic amines) is 1. The number of para-hydroxylation sites is 2. The highest BCUT2D eigenvalue weighted by Gasteiger charge is 2.29. The summed E-state index contributed by atoms with van der Waals surface area (Å²) in [5, 5.41) is 4.42. The Morgan fingerprint density at radius 1 is 1.33 bits per heavy atom. The minimum atomic E-state index is -0.0989. The number of nitrogens with zero attached hydrogens (tertiary/aromatic N) is 5. The molecule has 1 N–H and O–H groups in total. The van der Waals surface area contributed by atoms with Gasteiger partial charge in [0.2, 0.25) is 5.91 Å². The Kier molecular flexibility index (Phi) is 4.55. The zero-order valence-electron chi connectivity index (χ0n) is 15.7. The number of aromatic amines is 1. The Morgan fingerprint density at radius 2 is 2.15 bits per heavy atom. The van der Waals surface area contributed by atoms with E-state index in [0.29, 0.717) is 18.9 Å². The number of aryl methyl sites for hydroxylation is 1. The Balaban J connectivity index is 1.50. The third kappa shape index (κ3) is 3.27. The van der Waals surface area contributed by atoms with Crippen molar-refractivity contribution in [3.05, 3.63) is 46.4 Å². The molecular formula is C19H24N6O2. The highest BCUT2D eigenvalue weighted by atomic mass is 16.2. The van der Waals surface area contributed by atoms with Gasteiger partial charge in [-0.1, -0.05) is 12.1 Å². The van der Waals surface area contributed by atoms with Crippen molar-refractivity contribution in [1.82, 2.24) is 29.2 Å². The maximum absolute atomic E-state index is 12.8. The summed E-state index contributed by atoms with van der Waals surface area (Å²) < 4.78 is 3.09. The molecule has 142 valence electrons. The molecule has 27 heavy (non-hydrogen) atoms. The SMILES string of the molecule is CCn1c([C@@H]2CCCN(C(=O)Cc3nc4ccccc4[nH]3)C2)nn(C)c1=O. The lowest BCUT2D eigenvalue weighted by Crippen LogP contribution is -2.41. The molecule has 1 aromatic carbocycles. The van der Waals surface area contributed by atoms with Crippen LogP contribution < -0.4 is 5.69 Å². The molecule has 8 heteroatoms. The summed E-state index contributed by atoms with van der Waals surface area (Å²) in [5.41, 5.74) is 1.72. The van der Waals surface area contributed by atoms with Crippen LogP contribution in [0.15, 0.2) is 29.1 Å². The third-order valence-electron chi connectivity index (χ3n) is 5.25. The average Bonchev–Trinajstić information content (AvgIpc) is 3.22. The van der Waals surface area contributed by atoms with Gasteiger partial charge < -0.3 is 9.88 Å². The second-order valence-corrected chi connectivity index (χ2v) is 7.06. The molecule has 0 bridgehead atoms. The number of H-pyrrole nitrogens is 1. The van der Waals surface area contributed by atoms with Crippen LogP contribution in [0.3, 0.4) is 0 Å². The fourth-order valence-electron chi connectivity index (χ4n) is 3.88. The van der Waals surface area contributed by atoms with Crippen molar-refractivity contribution in [2.75, 3.05) is 13.1 Å². The molecule has 0 spiro atoms. The lowest BCUT2D eigenvalue weighted by molar-refractivity contribution is -0.131. The molecular weight excluding hydrogens is 344 g/mol. The largest absolute Gasteiger partial charge is 0.345 e. The first-order chi connectivity index (χ1) is 13.1. The van der Waals surface area contributed by atoms with Crippen molar-refractivity contribution in [2.24, 2.45) is 7.05 Å². The predicted octanol–water partition coefficient (Wildman–Crippen LogP) is 1.43. The first kappa shape index (κ1) is 17.5. The Labute approximate surface area is 156 Å². The van der Waals surface area contributed by atoms with Crippen molar-refractivity contribution in [2.45, 2.75) is 38.6 Å². The second-order valence-electron chi connectivity index (χ2n) is 7.06. The first-order valence-corrected chi connectivity index (χ1v) is 9.42. The molecule has 1 saturated heterocycles. The van der Waals surface area contributed by atoms with Crippen LogP contribution in [0, 0.1) is 0 Å². The molecule has 0 unspecified atom stereocenters. The quantitative estimate of drug-likeness (QED) is 0.754. The van der Waals surface area contributed by atoms with Crippen molar-refractivity contribution in [3.63, 3.8) is 0 Å². The summed E-state index contributed by atoms with van der Waals surface area (Å²) in [5.74, 6) is 1.62. The number of aromatic nitrogens is 5. The van der Waals surface area contributed by atoms with Gasteiger partial charge in [0, 0.05) is 32.6 Å². The van der Waals surface area contributed by atoms with E-state index in [1.165, 1.54) is 4.68 Å². The Morgan fingerprint density at radius 3 is 2.93 bits per heavy atom. The Bertz CT molecular complexity index is 997. The molecule has 1 fully saturated rings. The van der Waals surface area contributed by atoms with Gasteiger partial charge in [0.15, 0.2) is 0 Å². The number of benzene rings is 1. The lowest BCUT2D eigenvalue weighted by Gasteiger charge is -2.32. The number of amides is 1. The first-order valence-electron chi connectivity index (χ1n) is 9.42. The molecule has 3 heterocycles. The van der Waals surface area contributed by atoms with E-state index >= 15 is 0 Å². The van der Waals surface area contributed by atoms with Gasteiger partial charge in [0.25, 0.3) is 0 Å². The number of fused-ring (bicyclic) bond motifs is 1. The van der Waals surface area contributed by atoms with E-state index in [9.17, 15) is 9.59 Å². The maximum Gasteiger partial charge on any atom is 0.345 e. The zero-order valence-corrected chi connectivity index (χ0v) is 15.7. The van der Waals surface area contributed by atoms with Gasteiger partial charge in [-0.2, -0.15) is 5.10 Å². The van der Waals surface area contributed by atoms with E-state index in [2.05, 4.69) is 15.1 Å². The highest BCUT2D eigenvalue weighted by molar-refractivity contribution is 5.80. The highest BCUT2D eigenvalue weighted by Crippen LogP contribution is 2.25. The summed E-state index contributed by atoms with van der Waals surface area (Å²) in [7, 11) is 1.67. The number of rotatable bonds is 4. The van der Waals surface area contributed by atoms with Crippen molar-refractivity contribution in [1.29, 1.82) is 0 Å². The van der Waals surface area contributed by atoms with Crippen LogP contribution in [0.1, 0.15) is 37.3 Å². The fourth-order valence-corrected chi connectivity index (χ4v) is 3.88. The van der Waals surface area contributed by atoms with Gasteiger partial charge in [-0.25, -0.2) is 14.5 Å². The molecule has 1 aliphatic heterocycles. The van der Waals surface area contributed by atoms with Gasteiger partial charge in [-0.3, -0.25) is 9.36 Å². The molecule has 2 aromatic heterocycles. The summed E-state index contributed by atoms with van der Waals surface area (Å²) in [6.07, 6.45) is 2.10. The monoisotopic (exact) mass is 368 g/mol. The van der Waals surface area contributed by atoms with E-state index < -0.39 is 0 Å². The molecule has 1 aliphatic rings. The van der Waals surface area contributed by atoms with E-state index in [1.807, 2.05) is 36.1 Å². The molecule has 0 saturated carbocycles. The molecule has 0 radical (unpaired) electrons. The lowest BCUT2D eigenvalue weighted by atomic mass is 9.97. The van der Waals surface area contributed by atoms with Gasteiger partial charge in [-0.05, 0) is 31.9 Å². The van der Waals surface area contributed by atoms with Crippen LogP contribution in [0.25, 0.3) is 11.0 Å². The fraction of sp³-hybridized carbons (Fsp3) is 0.474. The van der Waals surface area contributed by atoms with Crippen LogP contribution in [0.2, 0.25) is 0 Å². The number of carbonyl (C=O) groups is 1. The second kappa shape index (κ2) is 7.02. The molecule has 1 amide bonds. The molecule has 8 nitrogen and oxygen atoms in total. The van der Waals surface area contributed by atoms with Crippen LogP contribution in [-0.4, -0.2) is 48.2 Å². The van der Waals surface area contributed by atoms with E-state index in [1.54, 1.807) is 11.6 Å². The molecule has 0 aliphatic carbocycles. The van der Waals surface area contributed by atoms with E-state index in [-0.39, 0.29) is 23.9 Å². The molecule has 1 atom stereocenters.